The third-order valence-corrected chi connectivity index (χ3v) is 3.83. The first kappa shape index (κ1) is 12.9. The zero-order valence-corrected chi connectivity index (χ0v) is 11.8. The van der Waals surface area contributed by atoms with Crippen LogP contribution in [0.2, 0.25) is 0 Å². The molecule has 3 rings (SSSR count). The highest BCUT2D eigenvalue weighted by Gasteiger charge is 2.19. The van der Waals surface area contributed by atoms with Gasteiger partial charge < -0.3 is 9.52 Å². The van der Waals surface area contributed by atoms with E-state index in [0.29, 0.717) is 6.42 Å². The topological polar surface area (TPSA) is 33.4 Å². The third-order valence-electron chi connectivity index (χ3n) is 3.83. The maximum Gasteiger partial charge on any atom is 0.134 e. The summed E-state index contributed by atoms with van der Waals surface area (Å²) in [7, 11) is 0. The van der Waals surface area contributed by atoms with Crippen molar-refractivity contribution in [1.29, 1.82) is 0 Å². The summed E-state index contributed by atoms with van der Waals surface area (Å²) in [4.78, 5) is 0. The Balaban J connectivity index is 1.99. The van der Waals surface area contributed by atoms with E-state index in [9.17, 15) is 5.11 Å². The van der Waals surface area contributed by atoms with Gasteiger partial charge in [0.2, 0.25) is 0 Å². The second kappa shape index (κ2) is 5.14. The number of benzene rings is 2. The molecule has 0 radical (unpaired) electrons. The van der Waals surface area contributed by atoms with Crippen LogP contribution in [-0.4, -0.2) is 5.11 Å². The molecule has 2 aromatic carbocycles. The molecule has 0 aliphatic rings. The van der Waals surface area contributed by atoms with Gasteiger partial charge >= 0.3 is 0 Å². The first-order valence-electron chi connectivity index (χ1n) is 6.87. The molecule has 2 heteroatoms. The van der Waals surface area contributed by atoms with E-state index < -0.39 is 6.10 Å². The zero-order valence-electron chi connectivity index (χ0n) is 11.8. The summed E-state index contributed by atoms with van der Waals surface area (Å²) in [5.74, 6) is 0.798. The third kappa shape index (κ3) is 2.23. The molecule has 20 heavy (non-hydrogen) atoms. The summed E-state index contributed by atoms with van der Waals surface area (Å²) in [6.07, 6.45) is 0.0663. The minimum Gasteiger partial charge on any atom is -0.461 e. The summed E-state index contributed by atoms with van der Waals surface area (Å²) in [5, 5.41) is 11.6. The number of aliphatic hydroxyl groups excluding tert-OH is 1. The standard InChI is InChI=1S/C18H18O2/c1-12-7-3-4-8-14(12)11-16(19)18-13(2)20-17-10-6-5-9-15(17)18/h3-10,16,19H,11H2,1-2H3. The molecule has 0 saturated carbocycles. The van der Waals surface area contributed by atoms with E-state index in [4.69, 9.17) is 4.42 Å². The zero-order chi connectivity index (χ0) is 14.1. The van der Waals surface area contributed by atoms with Gasteiger partial charge in [-0.2, -0.15) is 0 Å². The van der Waals surface area contributed by atoms with E-state index >= 15 is 0 Å². The van der Waals surface area contributed by atoms with Gasteiger partial charge in [0.1, 0.15) is 11.3 Å². The second-order valence-electron chi connectivity index (χ2n) is 5.21. The molecule has 2 nitrogen and oxygen atoms in total. The van der Waals surface area contributed by atoms with Crippen LogP contribution in [0.3, 0.4) is 0 Å². The SMILES string of the molecule is Cc1ccccc1CC(O)c1c(C)oc2ccccc12. The first-order chi connectivity index (χ1) is 9.66. The lowest BCUT2D eigenvalue weighted by molar-refractivity contribution is 0.177. The predicted octanol–water partition coefficient (Wildman–Crippen LogP) is 4.33. The van der Waals surface area contributed by atoms with Crippen molar-refractivity contribution in [3.8, 4) is 0 Å². The van der Waals surface area contributed by atoms with Crippen molar-refractivity contribution >= 4 is 11.0 Å². The Kier molecular flexibility index (Phi) is 3.33. The molecule has 1 unspecified atom stereocenters. The molecule has 0 aliphatic heterocycles. The van der Waals surface area contributed by atoms with Crippen LogP contribution >= 0.6 is 0 Å². The van der Waals surface area contributed by atoms with Gasteiger partial charge in [-0.1, -0.05) is 42.5 Å². The molecule has 1 aromatic heterocycles. The molecule has 1 N–H and O–H groups in total. The summed E-state index contributed by atoms with van der Waals surface area (Å²) in [6.45, 7) is 3.98. The van der Waals surface area contributed by atoms with Gasteiger partial charge in [0.25, 0.3) is 0 Å². The highest BCUT2D eigenvalue weighted by Crippen LogP contribution is 2.32. The molecule has 102 valence electrons. The normalized spacial score (nSPS) is 12.8. The fourth-order valence-electron chi connectivity index (χ4n) is 2.75. The van der Waals surface area contributed by atoms with Crippen molar-refractivity contribution < 1.29 is 9.52 Å². The van der Waals surface area contributed by atoms with Crippen LogP contribution < -0.4 is 0 Å². The highest BCUT2D eigenvalue weighted by molar-refractivity contribution is 5.82. The number of hydrogen-bond acceptors (Lipinski definition) is 2. The van der Waals surface area contributed by atoms with Gasteiger partial charge in [-0.05, 0) is 31.0 Å². The number of furan rings is 1. The van der Waals surface area contributed by atoms with E-state index in [-0.39, 0.29) is 0 Å². The van der Waals surface area contributed by atoms with Gasteiger partial charge in [-0.15, -0.1) is 0 Å². The van der Waals surface area contributed by atoms with Crippen LogP contribution in [0.1, 0.15) is 28.6 Å². The molecular weight excluding hydrogens is 248 g/mol. The van der Waals surface area contributed by atoms with Crippen molar-refractivity contribution in [2.45, 2.75) is 26.4 Å². The molecule has 0 fully saturated rings. The smallest absolute Gasteiger partial charge is 0.134 e. The van der Waals surface area contributed by atoms with E-state index in [1.54, 1.807) is 0 Å². The van der Waals surface area contributed by atoms with Crippen molar-refractivity contribution in [1.82, 2.24) is 0 Å². The summed E-state index contributed by atoms with van der Waals surface area (Å²) >= 11 is 0. The van der Waals surface area contributed by atoms with Crippen molar-refractivity contribution in [2.24, 2.45) is 0 Å². The van der Waals surface area contributed by atoms with Crippen molar-refractivity contribution in [3.63, 3.8) is 0 Å². The molecule has 1 atom stereocenters. The van der Waals surface area contributed by atoms with Crippen LogP contribution in [0.25, 0.3) is 11.0 Å². The molecule has 3 aromatic rings. The van der Waals surface area contributed by atoms with E-state index in [2.05, 4.69) is 19.1 Å². The fraction of sp³-hybridized carbons (Fsp3) is 0.222. The van der Waals surface area contributed by atoms with E-state index in [1.165, 1.54) is 11.1 Å². The summed E-state index contributed by atoms with van der Waals surface area (Å²) < 4.78 is 5.73. The minimum atomic E-state index is -0.542. The largest absolute Gasteiger partial charge is 0.461 e. The van der Waals surface area contributed by atoms with E-state index in [1.807, 2.05) is 43.3 Å². The van der Waals surface area contributed by atoms with Crippen LogP contribution in [0.5, 0.6) is 0 Å². The fourth-order valence-corrected chi connectivity index (χ4v) is 2.75. The van der Waals surface area contributed by atoms with Crippen LogP contribution in [0.4, 0.5) is 0 Å². The molecule has 0 saturated heterocycles. The Morgan fingerprint density at radius 2 is 1.70 bits per heavy atom. The Labute approximate surface area is 118 Å². The van der Waals surface area contributed by atoms with Crippen LogP contribution in [0, 0.1) is 13.8 Å². The number of hydrogen-bond donors (Lipinski definition) is 1. The summed E-state index contributed by atoms with van der Waals surface area (Å²) in [5.41, 5.74) is 4.12. The first-order valence-corrected chi connectivity index (χ1v) is 6.87. The Morgan fingerprint density at radius 1 is 1.00 bits per heavy atom. The van der Waals surface area contributed by atoms with Gasteiger partial charge in [0.15, 0.2) is 0 Å². The van der Waals surface area contributed by atoms with Crippen molar-refractivity contribution in [3.05, 3.63) is 71.0 Å². The quantitative estimate of drug-likeness (QED) is 0.765. The number of aryl methyl sites for hydroxylation is 2. The molecule has 0 aliphatic carbocycles. The lowest BCUT2D eigenvalue weighted by atomic mass is 9.96. The highest BCUT2D eigenvalue weighted by atomic mass is 16.3. The van der Waals surface area contributed by atoms with Gasteiger partial charge in [0, 0.05) is 17.4 Å². The lowest BCUT2D eigenvalue weighted by Crippen LogP contribution is -2.03. The van der Waals surface area contributed by atoms with Crippen LogP contribution in [0.15, 0.2) is 52.9 Å². The molecule has 0 bridgehead atoms. The number of aliphatic hydroxyl groups is 1. The lowest BCUT2D eigenvalue weighted by Gasteiger charge is -2.12. The Morgan fingerprint density at radius 3 is 2.50 bits per heavy atom. The minimum absolute atomic E-state index is 0.542. The van der Waals surface area contributed by atoms with Crippen LogP contribution in [-0.2, 0) is 6.42 Å². The van der Waals surface area contributed by atoms with E-state index in [0.717, 1.165) is 22.3 Å². The second-order valence-corrected chi connectivity index (χ2v) is 5.21. The monoisotopic (exact) mass is 266 g/mol. The maximum absolute atomic E-state index is 10.6. The Hall–Kier alpha value is -2.06. The average Bonchev–Trinajstić information content (AvgIpc) is 2.77. The molecule has 0 spiro atoms. The Bertz CT molecular complexity index is 740. The van der Waals surface area contributed by atoms with Gasteiger partial charge in [-0.25, -0.2) is 0 Å². The van der Waals surface area contributed by atoms with Gasteiger partial charge in [-0.3, -0.25) is 0 Å². The maximum atomic E-state index is 10.6. The van der Waals surface area contributed by atoms with Gasteiger partial charge in [0.05, 0.1) is 6.10 Å². The molecule has 1 heterocycles. The predicted molar refractivity (Wildman–Crippen MR) is 80.8 cm³/mol. The number of fused-ring (bicyclic) bond motifs is 1. The summed E-state index contributed by atoms with van der Waals surface area (Å²) in [6, 6.07) is 16.0. The number of rotatable bonds is 3. The average molecular weight is 266 g/mol. The van der Waals surface area contributed by atoms with Crippen molar-refractivity contribution in [2.75, 3.05) is 0 Å². The molecule has 0 amide bonds. The number of para-hydroxylation sites is 1. The molecular formula is C18H18O2.